The second kappa shape index (κ2) is 4.99. The lowest BCUT2D eigenvalue weighted by Crippen LogP contribution is -2.36. The summed E-state index contributed by atoms with van der Waals surface area (Å²) in [4.78, 5) is 13.6. The maximum Gasteiger partial charge on any atom is 0.337 e. The van der Waals surface area contributed by atoms with E-state index in [1.54, 1.807) is 6.07 Å². The van der Waals surface area contributed by atoms with Gasteiger partial charge in [0.2, 0.25) is 0 Å². The van der Waals surface area contributed by atoms with Crippen LogP contribution in [0.25, 0.3) is 0 Å². The van der Waals surface area contributed by atoms with Gasteiger partial charge in [-0.05, 0) is 18.2 Å². The van der Waals surface area contributed by atoms with Crippen molar-refractivity contribution < 1.29 is 14.3 Å². The summed E-state index contributed by atoms with van der Waals surface area (Å²) in [7, 11) is 1.39. The van der Waals surface area contributed by atoms with Gasteiger partial charge in [0.25, 0.3) is 0 Å². The Kier molecular flexibility index (Phi) is 3.41. The number of hydrogen-bond donors (Lipinski definition) is 0. The summed E-state index contributed by atoms with van der Waals surface area (Å²) in [5, 5.41) is 0. The molecule has 1 saturated heterocycles. The number of benzene rings is 1. The number of esters is 1. The Morgan fingerprint density at radius 1 is 1.38 bits per heavy atom. The van der Waals surface area contributed by atoms with Crippen LogP contribution >= 0.6 is 0 Å². The van der Waals surface area contributed by atoms with Crippen molar-refractivity contribution in [2.24, 2.45) is 0 Å². The molecule has 0 saturated carbocycles. The number of hydrogen-bond acceptors (Lipinski definition) is 4. The van der Waals surface area contributed by atoms with Gasteiger partial charge in [-0.1, -0.05) is 6.07 Å². The van der Waals surface area contributed by atoms with Crippen LogP contribution in [0.1, 0.15) is 10.4 Å². The molecule has 0 aromatic heterocycles. The zero-order valence-electron chi connectivity index (χ0n) is 9.31. The van der Waals surface area contributed by atoms with Crippen molar-refractivity contribution in [2.45, 2.75) is 0 Å². The molecule has 0 radical (unpaired) electrons. The third-order valence-corrected chi connectivity index (χ3v) is 2.64. The van der Waals surface area contributed by atoms with E-state index in [1.807, 2.05) is 18.2 Å². The fourth-order valence-corrected chi connectivity index (χ4v) is 1.77. The standard InChI is InChI=1S/C12H15NO3/c1-15-12(14)10-3-2-4-11(9-10)13-5-7-16-8-6-13/h2-4,9H,5-8H2,1H3. The van der Waals surface area contributed by atoms with E-state index in [4.69, 9.17) is 9.47 Å². The molecule has 0 N–H and O–H groups in total. The summed E-state index contributed by atoms with van der Waals surface area (Å²) in [6, 6.07) is 7.49. The first kappa shape index (κ1) is 11.0. The minimum atomic E-state index is -0.296. The van der Waals surface area contributed by atoms with Crippen LogP contribution in [0.5, 0.6) is 0 Å². The molecular weight excluding hydrogens is 206 g/mol. The topological polar surface area (TPSA) is 38.8 Å². The van der Waals surface area contributed by atoms with Gasteiger partial charge in [-0.15, -0.1) is 0 Å². The van der Waals surface area contributed by atoms with Crippen LogP contribution in [0.4, 0.5) is 5.69 Å². The lowest BCUT2D eigenvalue weighted by molar-refractivity contribution is 0.0601. The molecule has 4 heteroatoms. The molecule has 2 rings (SSSR count). The Morgan fingerprint density at radius 3 is 2.81 bits per heavy atom. The Hall–Kier alpha value is -1.55. The lowest BCUT2D eigenvalue weighted by atomic mass is 10.2. The molecule has 0 unspecified atom stereocenters. The van der Waals surface area contributed by atoms with Gasteiger partial charge < -0.3 is 14.4 Å². The van der Waals surface area contributed by atoms with E-state index < -0.39 is 0 Å². The quantitative estimate of drug-likeness (QED) is 0.706. The van der Waals surface area contributed by atoms with E-state index >= 15 is 0 Å². The maximum atomic E-state index is 11.4. The highest BCUT2D eigenvalue weighted by atomic mass is 16.5. The number of morpholine rings is 1. The number of nitrogens with zero attached hydrogens (tertiary/aromatic N) is 1. The third-order valence-electron chi connectivity index (χ3n) is 2.64. The number of rotatable bonds is 2. The molecule has 0 amide bonds. The molecule has 0 spiro atoms. The van der Waals surface area contributed by atoms with Crippen molar-refractivity contribution in [3.8, 4) is 0 Å². The normalized spacial score (nSPS) is 15.9. The Balaban J connectivity index is 2.17. The van der Waals surface area contributed by atoms with Crippen LogP contribution in [-0.4, -0.2) is 39.4 Å². The molecule has 0 bridgehead atoms. The van der Waals surface area contributed by atoms with Gasteiger partial charge in [0.15, 0.2) is 0 Å². The van der Waals surface area contributed by atoms with Crippen molar-refractivity contribution in [1.29, 1.82) is 0 Å². The van der Waals surface area contributed by atoms with E-state index in [0.717, 1.165) is 32.0 Å². The van der Waals surface area contributed by atoms with E-state index in [2.05, 4.69) is 4.90 Å². The number of methoxy groups -OCH3 is 1. The molecular formula is C12H15NO3. The predicted molar refractivity (Wildman–Crippen MR) is 60.8 cm³/mol. The van der Waals surface area contributed by atoms with E-state index in [-0.39, 0.29) is 5.97 Å². The van der Waals surface area contributed by atoms with Crippen LogP contribution in [-0.2, 0) is 9.47 Å². The molecule has 86 valence electrons. The van der Waals surface area contributed by atoms with Crippen LogP contribution in [0.3, 0.4) is 0 Å². The van der Waals surface area contributed by atoms with Crippen molar-refractivity contribution in [3.05, 3.63) is 29.8 Å². The Labute approximate surface area is 94.8 Å². The summed E-state index contributed by atoms with van der Waals surface area (Å²) in [5.41, 5.74) is 1.64. The number of ether oxygens (including phenoxy) is 2. The van der Waals surface area contributed by atoms with Gasteiger partial charge in [0.1, 0.15) is 0 Å². The molecule has 0 aliphatic carbocycles. The Bertz CT molecular complexity index is 372. The summed E-state index contributed by atoms with van der Waals surface area (Å²) >= 11 is 0. The monoisotopic (exact) mass is 221 g/mol. The summed E-state index contributed by atoms with van der Waals surface area (Å²) in [5.74, 6) is -0.296. The lowest BCUT2D eigenvalue weighted by Gasteiger charge is -2.29. The second-order valence-electron chi connectivity index (χ2n) is 3.64. The van der Waals surface area contributed by atoms with Gasteiger partial charge >= 0.3 is 5.97 Å². The first-order valence-electron chi connectivity index (χ1n) is 5.32. The SMILES string of the molecule is COC(=O)c1cccc(N2CCOCC2)c1. The minimum absolute atomic E-state index is 0.296. The Morgan fingerprint density at radius 2 is 2.12 bits per heavy atom. The second-order valence-corrected chi connectivity index (χ2v) is 3.64. The molecule has 16 heavy (non-hydrogen) atoms. The molecule has 0 atom stereocenters. The zero-order chi connectivity index (χ0) is 11.4. The fraction of sp³-hybridized carbons (Fsp3) is 0.417. The fourth-order valence-electron chi connectivity index (χ4n) is 1.77. The summed E-state index contributed by atoms with van der Waals surface area (Å²) in [6.45, 7) is 3.21. The van der Waals surface area contributed by atoms with Gasteiger partial charge in [-0.25, -0.2) is 4.79 Å². The predicted octanol–water partition coefficient (Wildman–Crippen LogP) is 1.31. The highest BCUT2D eigenvalue weighted by Crippen LogP contribution is 2.17. The summed E-state index contributed by atoms with van der Waals surface area (Å²) in [6.07, 6.45) is 0. The molecule has 1 aliphatic heterocycles. The van der Waals surface area contributed by atoms with Gasteiger partial charge in [-0.3, -0.25) is 0 Å². The van der Waals surface area contributed by atoms with Crippen LogP contribution < -0.4 is 4.90 Å². The molecule has 1 aliphatic rings. The van der Waals surface area contributed by atoms with E-state index in [1.165, 1.54) is 7.11 Å². The number of anilines is 1. The van der Waals surface area contributed by atoms with Crippen LogP contribution in [0, 0.1) is 0 Å². The molecule has 1 heterocycles. The number of carbonyl (C=O) groups is 1. The van der Waals surface area contributed by atoms with E-state index in [9.17, 15) is 4.79 Å². The molecule has 4 nitrogen and oxygen atoms in total. The van der Waals surface area contributed by atoms with Crippen LogP contribution in [0.15, 0.2) is 24.3 Å². The first-order valence-corrected chi connectivity index (χ1v) is 5.32. The molecule has 1 aromatic carbocycles. The van der Waals surface area contributed by atoms with Gasteiger partial charge in [0, 0.05) is 18.8 Å². The highest BCUT2D eigenvalue weighted by molar-refractivity contribution is 5.90. The maximum absolute atomic E-state index is 11.4. The largest absolute Gasteiger partial charge is 0.465 e. The average Bonchev–Trinajstić information content (AvgIpc) is 2.39. The van der Waals surface area contributed by atoms with E-state index in [0.29, 0.717) is 5.56 Å². The first-order chi connectivity index (χ1) is 7.81. The minimum Gasteiger partial charge on any atom is -0.465 e. The van der Waals surface area contributed by atoms with Crippen molar-refractivity contribution in [2.75, 3.05) is 38.3 Å². The highest BCUT2D eigenvalue weighted by Gasteiger charge is 2.13. The molecule has 1 aromatic rings. The van der Waals surface area contributed by atoms with Crippen molar-refractivity contribution in [1.82, 2.24) is 0 Å². The summed E-state index contributed by atoms with van der Waals surface area (Å²) < 4.78 is 9.98. The van der Waals surface area contributed by atoms with Crippen molar-refractivity contribution >= 4 is 11.7 Å². The smallest absolute Gasteiger partial charge is 0.337 e. The van der Waals surface area contributed by atoms with Crippen LogP contribution in [0.2, 0.25) is 0 Å². The van der Waals surface area contributed by atoms with Gasteiger partial charge in [0.05, 0.1) is 25.9 Å². The zero-order valence-corrected chi connectivity index (χ0v) is 9.31. The number of carbonyl (C=O) groups excluding carboxylic acids is 1. The van der Waals surface area contributed by atoms with Crippen molar-refractivity contribution in [3.63, 3.8) is 0 Å². The molecule has 1 fully saturated rings. The third kappa shape index (κ3) is 2.33. The average molecular weight is 221 g/mol. The van der Waals surface area contributed by atoms with Gasteiger partial charge in [-0.2, -0.15) is 0 Å².